The van der Waals surface area contributed by atoms with E-state index in [1.807, 2.05) is 0 Å². The number of carbonyl (C=O) groups excluding carboxylic acids is 1. The highest BCUT2D eigenvalue weighted by molar-refractivity contribution is 5.69. The molecule has 0 spiro atoms. The first-order valence-electron chi connectivity index (χ1n) is 6.17. The molecule has 0 aromatic carbocycles. The molecule has 2 N–H and O–H groups in total. The molecule has 5 nitrogen and oxygen atoms in total. The SMILES string of the molecule is CCCCCCCOC(=O)Cn1ccc(N)n1. The number of unbranched alkanes of at least 4 members (excludes halogenated alkanes) is 4. The summed E-state index contributed by atoms with van der Waals surface area (Å²) < 4.78 is 6.58. The molecule has 0 fully saturated rings. The summed E-state index contributed by atoms with van der Waals surface area (Å²) in [6, 6.07) is 1.65. The van der Waals surface area contributed by atoms with Crippen LogP contribution in [0.1, 0.15) is 39.0 Å². The smallest absolute Gasteiger partial charge is 0.327 e. The normalized spacial score (nSPS) is 10.4. The van der Waals surface area contributed by atoms with E-state index < -0.39 is 0 Å². The van der Waals surface area contributed by atoms with Crippen LogP contribution in [-0.4, -0.2) is 22.4 Å². The maximum Gasteiger partial charge on any atom is 0.327 e. The number of rotatable bonds is 8. The van der Waals surface area contributed by atoms with Gasteiger partial charge in [0.25, 0.3) is 0 Å². The summed E-state index contributed by atoms with van der Waals surface area (Å²) in [5.74, 6) is 0.154. The van der Waals surface area contributed by atoms with Crippen LogP contribution in [0.4, 0.5) is 5.82 Å². The molecule has 0 aliphatic rings. The average molecular weight is 239 g/mol. The highest BCUT2D eigenvalue weighted by atomic mass is 16.5. The largest absolute Gasteiger partial charge is 0.464 e. The van der Waals surface area contributed by atoms with Gasteiger partial charge in [0.1, 0.15) is 12.4 Å². The third-order valence-corrected chi connectivity index (χ3v) is 2.46. The van der Waals surface area contributed by atoms with Gasteiger partial charge in [-0.05, 0) is 12.5 Å². The van der Waals surface area contributed by atoms with Gasteiger partial charge in [0.05, 0.1) is 6.61 Å². The molecule has 1 heterocycles. The van der Waals surface area contributed by atoms with Gasteiger partial charge in [0, 0.05) is 6.20 Å². The Kier molecular flexibility index (Phi) is 6.14. The second kappa shape index (κ2) is 7.70. The van der Waals surface area contributed by atoms with Crippen LogP contribution in [0.3, 0.4) is 0 Å². The van der Waals surface area contributed by atoms with Gasteiger partial charge in [0.2, 0.25) is 0 Å². The first kappa shape index (κ1) is 13.5. The van der Waals surface area contributed by atoms with E-state index in [0.717, 1.165) is 12.8 Å². The van der Waals surface area contributed by atoms with E-state index in [1.165, 1.54) is 23.9 Å². The fraction of sp³-hybridized carbons (Fsp3) is 0.667. The Hall–Kier alpha value is -1.52. The number of nitrogen functional groups attached to an aromatic ring is 1. The summed E-state index contributed by atoms with van der Waals surface area (Å²) >= 11 is 0. The molecule has 0 atom stereocenters. The Balaban J connectivity index is 2.05. The predicted octanol–water partition coefficient (Wildman–Crippen LogP) is 1.98. The van der Waals surface area contributed by atoms with E-state index in [9.17, 15) is 4.79 Å². The van der Waals surface area contributed by atoms with Crippen molar-refractivity contribution < 1.29 is 9.53 Å². The lowest BCUT2D eigenvalue weighted by Crippen LogP contribution is -2.14. The van der Waals surface area contributed by atoms with Gasteiger partial charge in [-0.2, -0.15) is 5.10 Å². The zero-order valence-electron chi connectivity index (χ0n) is 10.4. The Labute approximate surface area is 102 Å². The lowest BCUT2D eigenvalue weighted by molar-refractivity contribution is -0.144. The molecule has 5 heteroatoms. The molecule has 0 saturated heterocycles. The van der Waals surface area contributed by atoms with Crippen molar-refractivity contribution in [2.24, 2.45) is 0 Å². The number of anilines is 1. The summed E-state index contributed by atoms with van der Waals surface area (Å²) in [7, 11) is 0. The monoisotopic (exact) mass is 239 g/mol. The summed E-state index contributed by atoms with van der Waals surface area (Å²) in [5.41, 5.74) is 5.44. The number of ether oxygens (including phenoxy) is 1. The molecule has 0 radical (unpaired) electrons. The number of esters is 1. The molecule has 1 aromatic rings. The van der Waals surface area contributed by atoms with Gasteiger partial charge < -0.3 is 10.5 Å². The van der Waals surface area contributed by atoms with Gasteiger partial charge >= 0.3 is 5.97 Å². The Bertz CT molecular complexity index is 336. The molecule has 0 amide bonds. The van der Waals surface area contributed by atoms with Gasteiger partial charge in [-0.1, -0.05) is 32.6 Å². The van der Waals surface area contributed by atoms with Gasteiger partial charge in [-0.25, -0.2) is 0 Å². The maximum absolute atomic E-state index is 11.4. The molecule has 1 rings (SSSR count). The van der Waals surface area contributed by atoms with E-state index >= 15 is 0 Å². The molecular weight excluding hydrogens is 218 g/mol. The minimum Gasteiger partial charge on any atom is -0.464 e. The lowest BCUT2D eigenvalue weighted by atomic mass is 10.2. The van der Waals surface area contributed by atoms with Gasteiger partial charge in [-0.15, -0.1) is 0 Å². The first-order chi connectivity index (χ1) is 8.22. The van der Waals surface area contributed by atoms with Crippen LogP contribution >= 0.6 is 0 Å². The number of aromatic nitrogens is 2. The van der Waals surface area contributed by atoms with Crippen molar-refractivity contribution in [1.82, 2.24) is 9.78 Å². The molecule has 0 saturated carbocycles. The third kappa shape index (κ3) is 5.94. The molecular formula is C12H21N3O2. The van der Waals surface area contributed by atoms with Crippen molar-refractivity contribution in [2.75, 3.05) is 12.3 Å². The second-order valence-electron chi connectivity index (χ2n) is 4.07. The zero-order valence-corrected chi connectivity index (χ0v) is 10.4. The van der Waals surface area contributed by atoms with Crippen molar-refractivity contribution in [3.63, 3.8) is 0 Å². The first-order valence-corrected chi connectivity index (χ1v) is 6.17. The molecule has 0 aliphatic heterocycles. The zero-order chi connectivity index (χ0) is 12.5. The molecule has 96 valence electrons. The molecule has 17 heavy (non-hydrogen) atoms. The van der Waals surface area contributed by atoms with Crippen molar-refractivity contribution in [2.45, 2.75) is 45.6 Å². The number of carbonyl (C=O) groups is 1. The fourth-order valence-corrected chi connectivity index (χ4v) is 1.53. The Morgan fingerprint density at radius 2 is 2.18 bits per heavy atom. The average Bonchev–Trinajstić information content (AvgIpc) is 2.69. The summed E-state index contributed by atoms with van der Waals surface area (Å²) in [5, 5.41) is 3.91. The maximum atomic E-state index is 11.4. The van der Waals surface area contributed by atoms with Crippen molar-refractivity contribution in [3.05, 3.63) is 12.3 Å². The predicted molar refractivity (Wildman–Crippen MR) is 66.4 cm³/mol. The summed E-state index contributed by atoms with van der Waals surface area (Å²) in [6.07, 6.45) is 7.41. The Morgan fingerprint density at radius 3 is 2.82 bits per heavy atom. The van der Waals surface area contributed by atoms with Crippen LogP contribution in [0.15, 0.2) is 12.3 Å². The van der Waals surface area contributed by atoms with Crippen molar-refractivity contribution >= 4 is 11.8 Å². The van der Waals surface area contributed by atoms with Crippen molar-refractivity contribution in [1.29, 1.82) is 0 Å². The van der Waals surface area contributed by atoms with Crippen molar-refractivity contribution in [3.8, 4) is 0 Å². The second-order valence-corrected chi connectivity index (χ2v) is 4.07. The summed E-state index contributed by atoms with van der Waals surface area (Å²) in [4.78, 5) is 11.4. The number of hydrogen-bond donors (Lipinski definition) is 1. The van der Waals surface area contributed by atoms with E-state index in [0.29, 0.717) is 12.4 Å². The van der Waals surface area contributed by atoms with Crippen LogP contribution in [0.5, 0.6) is 0 Å². The highest BCUT2D eigenvalue weighted by Crippen LogP contribution is 2.03. The highest BCUT2D eigenvalue weighted by Gasteiger charge is 2.04. The lowest BCUT2D eigenvalue weighted by Gasteiger charge is -2.04. The van der Waals surface area contributed by atoms with Gasteiger partial charge in [-0.3, -0.25) is 9.48 Å². The van der Waals surface area contributed by atoms with E-state index in [2.05, 4.69) is 12.0 Å². The quantitative estimate of drug-likeness (QED) is 0.556. The fourth-order valence-electron chi connectivity index (χ4n) is 1.53. The van der Waals surface area contributed by atoms with Crippen LogP contribution < -0.4 is 5.73 Å². The number of nitrogens with zero attached hydrogens (tertiary/aromatic N) is 2. The van der Waals surface area contributed by atoms with Crippen LogP contribution in [0.2, 0.25) is 0 Å². The Morgan fingerprint density at radius 1 is 1.41 bits per heavy atom. The van der Waals surface area contributed by atoms with E-state index in [4.69, 9.17) is 10.5 Å². The topological polar surface area (TPSA) is 70.1 Å². The van der Waals surface area contributed by atoms with Gasteiger partial charge in [0.15, 0.2) is 0 Å². The number of nitrogens with two attached hydrogens (primary N) is 1. The molecule has 0 unspecified atom stereocenters. The van der Waals surface area contributed by atoms with Crippen LogP contribution in [0.25, 0.3) is 0 Å². The summed E-state index contributed by atoms with van der Waals surface area (Å²) in [6.45, 7) is 2.81. The molecule has 0 aliphatic carbocycles. The van der Waals surface area contributed by atoms with E-state index in [1.54, 1.807) is 12.3 Å². The standard InChI is InChI=1S/C12H21N3O2/c1-2-3-4-5-6-9-17-12(16)10-15-8-7-11(13)14-15/h7-8H,2-6,9-10H2,1H3,(H2,13,14). The third-order valence-electron chi connectivity index (χ3n) is 2.46. The van der Waals surface area contributed by atoms with E-state index in [-0.39, 0.29) is 12.5 Å². The minimum atomic E-state index is -0.261. The number of hydrogen-bond acceptors (Lipinski definition) is 4. The van der Waals surface area contributed by atoms with Crippen LogP contribution in [-0.2, 0) is 16.1 Å². The molecule has 1 aromatic heterocycles. The van der Waals surface area contributed by atoms with Crippen LogP contribution in [0, 0.1) is 0 Å². The molecule has 0 bridgehead atoms. The minimum absolute atomic E-state index is 0.131.